The Labute approximate surface area is 131 Å². The van der Waals surface area contributed by atoms with Crippen LogP contribution in [0.5, 0.6) is 5.75 Å². The molecule has 2 aromatic rings. The normalized spacial score (nSPS) is 10.1. The number of ether oxygens (including phenoxy) is 1. The number of hydrogen-bond donors (Lipinski definition) is 1. The molecule has 8 heteroatoms. The number of nitro groups is 1. The Hall–Kier alpha value is -2.67. The number of hydrogen-bond acceptors (Lipinski definition) is 5. The van der Waals surface area contributed by atoms with Crippen molar-refractivity contribution in [2.75, 3.05) is 11.9 Å². The number of benzene rings is 1. The summed E-state index contributed by atoms with van der Waals surface area (Å²) in [6, 6.07) is 7.52. The average Bonchev–Trinajstić information content (AvgIpc) is 2.47. The summed E-state index contributed by atoms with van der Waals surface area (Å²) in [5.41, 5.74) is 0.452. The highest BCUT2D eigenvalue weighted by Gasteiger charge is 2.12. The summed E-state index contributed by atoms with van der Waals surface area (Å²) in [4.78, 5) is 25.9. The van der Waals surface area contributed by atoms with Gasteiger partial charge in [0.25, 0.3) is 11.6 Å². The number of carbonyl (C=O) groups is 1. The molecule has 0 fully saturated rings. The fourth-order valence-electron chi connectivity index (χ4n) is 1.72. The number of aryl methyl sites for hydroxylation is 1. The average molecular weight is 322 g/mol. The minimum atomic E-state index is -0.477. The number of carbonyl (C=O) groups excluding carboxylic acids is 1. The molecule has 1 aromatic carbocycles. The molecular weight excluding hydrogens is 310 g/mol. The van der Waals surface area contributed by atoms with Gasteiger partial charge < -0.3 is 10.1 Å². The number of nitro benzene ring substituents is 1. The molecule has 0 spiro atoms. The van der Waals surface area contributed by atoms with Crippen LogP contribution in [0.15, 0.2) is 36.5 Å². The van der Waals surface area contributed by atoms with Crippen LogP contribution < -0.4 is 10.1 Å². The van der Waals surface area contributed by atoms with E-state index in [0.29, 0.717) is 16.3 Å². The third kappa shape index (κ3) is 3.92. The summed E-state index contributed by atoms with van der Waals surface area (Å²) in [5.74, 6) is 0.180. The van der Waals surface area contributed by atoms with Crippen LogP contribution in [-0.4, -0.2) is 22.4 Å². The highest BCUT2D eigenvalue weighted by molar-refractivity contribution is 6.33. The molecule has 0 saturated carbocycles. The molecule has 114 valence electrons. The fourth-order valence-corrected chi connectivity index (χ4v) is 1.89. The van der Waals surface area contributed by atoms with E-state index < -0.39 is 10.8 Å². The summed E-state index contributed by atoms with van der Waals surface area (Å²) in [6.45, 7) is 1.34. The molecule has 0 unspecified atom stereocenters. The molecule has 2 rings (SSSR count). The van der Waals surface area contributed by atoms with Gasteiger partial charge in [-0.15, -0.1) is 0 Å². The molecule has 0 atom stereocenters. The van der Waals surface area contributed by atoms with Gasteiger partial charge in [-0.05, 0) is 31.2 Å². The SMILES string of the molecule is Cc1cc(OCC(=O)Nc2ncccc2Cl)ccc1[N+](=O)[O-]. The smallest absolute Gasteiger partial charge is 0.272 e. The summed E-state index contributed by atoms with van der Waals surface area (Å²) in [5, 5.41) is 13.5. The quantitative estimate of drug-likeness (QED) is 0.674. The zero-order valence-corrected chi connectivity index (χ0v) is 12.3. The van der Waals surface area contributed by atoms with Gasteiger partial charge in [-0.2, -0.15) is 0 Å². The van der Waals surface area contributed by atoms with Crippen molar-refractivity contribution in [3.05, 3.63) is 57.2 Å². The molecular formula is C14H12ClN3O4. The van der Waals surface area contributed by atoms with Gasteiger partial charge in [-0.3, -0.25) is 14.9 Å². The monoisotopic (exact) mass is 321 g/mol. The number of amides is 1. The lowest BCUT2D eigenvalue weighted by atomic mass is 10.2. The van der Waals surface area contributed by atoms with Crippen LogP contribution in [0.4, 0.5) is 11.5 Å². The Morgan fingerprint density at radius 3 is 2.86 bits per heavy atom. The Balaban J connectivity index is 1.95. The van der Waals surface area contributed by atoms with Crippen molar-refractivity contribution in [1.29, 1.82) is 0 Å². The number of pyridine rings is 1. The Morgan fingerprint density at radius 1 is 1.45 bits per heavy atom. The Kier molecular flexibility index (Phi) is 4.90. The summed E-state index contributed by atoms with van der Waals surface area (Å²) in [6.07, 6.45) is 1.50. The number of anilines is 1. The predicted octanol–water partition coefficient (Wildman–Crippen LogP) is 2.97. The van der Waals surface area contributed by atoms with Crippen molar-refractivity contribution >= 4 is 29.0 Å². The van der Waals surface area contributed by atoms with Crippen LogP contribution in [-0.2, 0) is 4.79 Å². The molecule has 7 nitrogen and oxygen atoms in total. The molecule has 0 aliphatic rings. The first-order valence-corrected chi connectivity index (χ1v) is 6.63. The fraction of sp³-hybridized carbons (Fsp3) is 0.143. The Bertz CT molecular complexity index is 721. The van der Waals surface area contributed by atoms with Crippen molar-refractivity contribution in [2.24, 2.45) is 0 Å². The van der Waals surface area contributed by atoms with Gasteiger partial charge in [0.2, 0.25) is 0 Å². The van der Waals surface area contributed by atoms with E-state index >= 15 is 0 Å². The van der Waals surface area contributed by atoms with Crippen molar-refractivity contribution in [2.45, 2.75) is 6.92 Å². The third-order valence-corrected chi connectivity index (χ3v) is 3.06. The minimum absolute atomic E-state index is 0.00271. The van der Waals surface area contributed by atoms with Gasteiger partial charge in [-0.25, -0.2) is 4.98 Å². The van der Waals surface area contributed by atoms with Crippen molar-refractivity contribution in [3.8, 4) is 5.75 Å². The largest absolute Gasteiger partial charge is 0.484 e. The van der Waals surface area contributed by atoms with Crippen molar-refractivity contribution < 1.29 is 14.5 Å². The third-order valence-electron chi connectivity index (χ3n) is 2.75. The van der Waals surface area contributed by atoms with Gasteiger partial charge >= 0.3 is 0 Å². The van der Waals surface area contributed by atoms with E-state index in [2.05, 4.69) is 10.3 Å². The highest BCUT2D eigenvalue weighted by Crippen LogP contribution is 2.23. The highest BCUT2D eigenvalue weighted by atomic mass is 35.5. The lowest BCUT2D eigenvalue weighted by Crippen LogP contribution is -2.21. The first-order valence-electron chi connectivity index (χ1n) is 6.25. The van der Waals surface area contributed by atoms with Crippen LogP contribution in [0.2, 0.25) is 5.02 Å². The van der Waals surface area contributed by atoms with E-state index in [1.807, 2.05) is 0 Å². The lowest BCUT2D eigenvalue weighted by molar-refractivity contribution is -0.385. The molecule has 1 heterocycles. The van der Waals surface area contributed by atoms with E-state index in [9.17, 15) is 14.9 Å². The van der Waals surface area contributed by atoms with Crippen LogP contribution in [0, 0.1) is 17.0 Å². The van der Waals surface area contributed by atoms with Gasteiger partial charge in [0.1, 0.15) is 5.75 Å². The molecule has 0 radical (unpaired) electrons. The molecule has 0 saturated heterocycles. The summed E-state index contributed by atoms with van der Waals surface area (Å²) in [7, 11) is 0. The number of halogens is 1. The maximum Gasteiger partial charge on any atom is 0.272 e. The number of nitrogens with zero attached hydrogens (tertiary/aromatic N) is 2. The molecule has 1 amide bonds. The second-order valence-electron chi connectivity index (χ2n) is 4.38. The standard InChI is InChI=1S/C14H12ClN3O4/c1-9-7-10(4-5-12(9)18(20)21)22-8-13(19)17-14-11(15)3-2-6-16-14/h2-7H,8H2,1H3,(H,16,17,19). The van der Waals surface area contributed by atoms with Gasteiger partial charge in [0.05, 0.1) is 9.95 Å². The van der Waals surface area contributed by atoms with E-state index in [0.717, 1.165) is 0 Å². The minimum Gasteiger partial charge on any atom is -0.484 e. The summed E-state index contributed by atoms with van der Waals surface area (Å²) >= 11 is 5.87. The van der Waals surface area contributed by atoms with Crippen LogP contribution in [0.1, 0.15) is 5.56 Å². The van der Waals surface area contributed by atoms with Crippen LogP contribution in [0.3, 0.4) is 0 Å². The first kappa shape index (κ1) is 15.7. The molecule has 0 aliphatic carbocycles. The van der Waals surface area contributed by atoms with Crippen molar-refractivity contribution in [1.82, 2.24) is 4.98 Å². The molecule has 1 aromatic heterocycles. The predicted molar refractivity (Wildman–Crippen MR) is 81.2 cm³/mol. The molecule has 0 bridgehead atoms. The maximum atomic E-state index is 11.8. The topological polar surface area (TPSA) is 94.4 Å². The van der Waals surface area contributed by atoms with E-state index in [4.69, 9.17) is 16.3 Å². The maximum absolute atomic E-state index is 11.8. The first-order chi connectivity index (χ1) is 10.5. The molecule has 0 aliphatic heterocycles. The summed E-state index contributed by atoms with van der Waals surface area (Å²) < 4.78 is 5.29. The number of aromatic nitrogens is 1. The van der Waals surface area contributed by atoms with Gasteiger partial charge in [-0.1, -0.05) is 11.6 Å². The van der Waals surface area contributed by atoms with Crippen molar-refractivity contribution in [3.63, 3.8) is 0 Å². The van der Waals surface area contributed by atoms with E-state index in [1.165, 1.54) is 24.4 Å². The molecule has 22 heavy (non-hydrogen) atoms. The number of rotatable bonds is 5. The van der Waals surface area contributed by atoms with Crippen LogP contribution in [0.25, 0.3) is 0 Å². The van der Waals surface area contributed by atoms with Gasteiger partial charge in [0.15, 0.2) is 12.4 Å². The van der Waals surface area contributed by atoms with E-state index in [1.54, 1.807) is 19.1 Å². The zero-order chi connectivity index (χ0) is 16.1. The van der Waals surface area contributed by atoms with E-state index in [-0.39, 0.29) is 18.1 Å². The number of nitrogens with one attached hydrogen (secondary N) is 1. The second kappa shape index (κ2) is 6.86. The second-order valence-corrected chi connectivity index (χ2v) is 4.78. The Morgan fingerprint density at radius 2 is 2.23 bits per heavy atom. The zero-order valence-electron chi connectivity index (χ0n) is 11.6. The van der Waals surface area contributed by atoms with Gasteiger partial charge in [0, 0.05) is 17.8 Å². The lowest BCUT2D eigenvalue weighted by Gasteiger charge is -2.08. The van der Waals surface area contributed by atoms with Crippen LogP contribution >= 0.6 is 11.6 Å². The molecule has 1 N–H and O–H groups in total.